The maximum Gasteiger partial charge on any atom is 0.245 e. The maximum absolute atomic E-state index is 13.7. The molecular formula is C28H44N4O5. The maximum atomic E-state index is 13.7. The molecule has 3 heterocycles. The molecule has 0 spiro atoms. The Bertz CT molecular complexity index is 844. The third-order valence-electron chi connectivity index (χ3n) is 7.11. The Labute approximate surface area is 221 Å². The van der Waals surface area contributed by atoms with E-state index in [4.69, 9.17) is 9.57 Å². The van der Waals surface area contributed by atoms with E-state index in [2.05, 4.69) is 15.8 Å². The van der Waals surface area contributed by atoms with Gasteiger partial charge in [0.25, 0.3) is 0 Å². The number of hydrogen-bond acceptors (Lipinski definition) is 6. The van der Waals surface area contributed by atoms with Gasteiger partial charge in [0.2, 0.25) is 17.7 Å². The minimum absolute atomic E-state index is 0.0109. The molecule has 2 saturated heterocycles. The fourth-order valence-corrected chi connectivity index (χ4v) is 4.89. The van der Waals surface area contributed by atoms with Crippen LogP contribution in [0.2, 0.25) is 0 Å². The summed E-state index contributed by atoms with van der Waals surface area (Å²) < 4.78 is 5.50. The fourth-order valence-electron chi connectivity index (χ4n) is 4.89. The van der Waals surface area contributed by atoms with E-state index in [0.29, 0.717) is 26.1 Å². The summed E-state index contributed by atoms with van der Waals surface area (Å²) in [6, 6.07) is 3.17. The Morgan fingerprint density at radius 1 is 1.14 bits per heavy atom. The van der Waals surface area contributed by atoms with E-state index in [0.717, 1.165) is 63.4 Å². The van der Waals surface area contributed by atoms with Crippen LogP contribution in [0.5, 0.6) is 0 Å². The number of rotatable bonds is 7. The van der Waals surface area contributed by atoms with Crippen molar-refractivity contribution in [2.24, 2.45) is 11.8 Å². The SMILES string of the molecule is CC(C)[C@@H]1NC(=O)[C@@H](CC(=O)NOC2CCCCO2)CCCCCCCCN(Cc2cccnc2)C1=O. The molecule has 3 atom stereocenters. The summed E-state index contributed by atoms with van der Waals surface area (Å²) in [5, 5.41) is 3.01. The molecule has 9 nitrogen and oxygen atoms in total. The highest BCUT2D eigenvalue weighted by Gasteiger charge is 2.32. The first-order chi connectivity index (χ1) is 17.9. The van der Waals surface area contributed by atoms with Crippen LogP contribution in [0, 0.1) is 11.8 Å². The second kappa shape index (κ2) is 15.7. The zero-order valence-electron chi connectivity index (χ0n) is 22.5. The van der Waals surface area contributed by atoms with Gasteiger partial charge in [-0.15, -0.1) is 0 Å². The van der Waals surface area contributed by atoms with Gasteiger partial charge in [0.1, 0.15) is 6.04 Å². The zero-order chi connectivity index (χ0) is 26.5. The Morgan fingerprint density at radius 3 is 2.59 bits per heavy atom. The third-order valence-corrected chi connectivity index (χ3v) is 7.11. The summed E-state index contributed by atoms with van der Waals surface area (Å²) in [4.78, 5) is 51.2. The molecule has 2 N–H and O–H groups in total. The largest absolute Gasteiger partial charge is 0.350 e. The van der Waals surface area contributed by atoms with Crippen LogP contribution in [0.3, 0.4) is 0 Å². The number of carbonyl (C=O) groups is 3. The first-order valence-electron chi connectivity index (χ1n) is 14.0. The van der Waals surface area contributed by atoms with Crippen molar-refractivity contribution >= 4 is 17.7 Å². The Morgan fingerprint density at radius 2 is 1.89 bits per heavy atom. The number of nitrogens with zero attached hydrogens (tertiary/aromatic N) is 2. The topological polar surface area (TPSA) is 110 Å². The first-order valence-corrected chi connectivity index (χ1v) is 14.0. The quantitative estimate of drug-likeness (QED) is 0.533. The highest BCUT2D eigenvalue weighted by atomic mass is 16.8. The molecule has 3 rings (SSSR count). The van der Waals surface area contributed by atoms with E-state index in [1.165, 1.54) is 0 Å². The van der Waals surface area contributed by atoms with Gasteiger partial charge in [-0.05, 0) is 43.2 Å². The van der Waals surface area contributed by atoms with Crippen LogP contribution in [-0.2, 0) is 30.5 Å². The molecule has 0 saturated carbocycles. The molecule has 1 aromatic rings. The van der Waals surface area contributed by atoms with Crippen molar-refractivity contribution in [1.29, 1.82) is 0 Å². The normalized spacial score (nSPS) is 24.8. The highest BCUT2D eigenvalue weighted by molar-refractivity contribution is 5.90. The lowest BCUT2D eigenvalue weighted by Crippen LogP contribution is -2.52. The number of hydrogen-bond donors (Lipinski definition) is 2. The van der Waals surface area contributed by atoms with Crippen molar-refractivity contribution in [3.05, 3.63) is 30.1 Å². The van der Waals surface area contributed by atoms with E-state index in [9.17, 15) is 14.4 Å². The number of carbonyl (C=O) groups excluding carboxylic acids is 3. The second-order valence-electron chi connectivity index (χ2n) is 10.6. The van der Waals surface area contributed by atoms with E-state index in [1.807, 2.05) is 30.9 Å². The molecular weight excluding hydrogens is 472 g/mol. The van der Waals surface area contributed by atoms with Crippen LogP contribution in [0.15, 0.2) is 24.5 Å². The monoisotopic (exact) mass is 516 g/mol. The molecule has 3 amide bonds. The van der Waals surface area contributed by atoms with Crippen LogP contribution >= 0.6 is 0 Å². The van der Waals surface area contributed by atoms with Crippen molar-refractivity contribution in [2.75, 3.05) is 13.2 Å². The Kier molecular flexibility index (Phi) is 12.3. The van der Waals surface area contributed by atoms with Crippen LogP contribution in [0.4, 0.5) is 0 Å². The standard InChI is InChI=1S/C28H44N4O5/c1-21(2)26-28(35)32(20-22-12-11-15-29-19-22)16-9-6-4-3-5-7-13-23(27(34)30-26)18-24(33)31-37-25-14-8-10-17-36-25/h11-12,15,19,21,23,25-26H,3-10,13-14,16-18,20H2,1-2H3,(H,30,34)(H,31,33)/t23-,25?,26+/m1/s1. The van der Waals surface area contributed by atoms with E-state index in [-0.39, 0.29) is 30.1 Å². The molecule has 2 aliphatic rings. The predicted octanol–water partition coefficient (Wildman–Crippen LogP) is 3.88. The van der Waals surface area contributed by atoms with Gasteiger partial charge < -0.3 is 15.0 Å². The summed E-state index contributed by atoms with van der Waals surface area (Å²) in [5.41, 5.74) is 3.44. The average Bonchev–Trinajstić information content (AvgIpc) is 2.90. The lowest BCUT2D eigenvalue weighted by atomic mass is 9.94. The zero-order valence-corrected chi connectivity index (χ0v) is 22.5. The fraction of sp³-hybridized carbons (Fsp3) is 0.714. The minimum atomic E-state index is -0.662. The Balaban J connectivity index is 1.68. The summed E-state index contributed by atoms with van der Waals surface area (Å²) in [7, 11) is 0. The van der Waals surface area contributed by atoms with Gasteiger partial charge in [-0.2, -0.15) is 0 Å². The number of amides is 3. The molecule has 37 heavy (non-hydrogen) atoms. The summed E-state index contributed by atoms with van der Waals surface area (Å²) in [5.74, 6) is -1.32. The van der Waals surface area contributed by atoms with Crippen LogP contribution in [0.1, 0.15) is 90.0 Å². The average molecular weight is 517 g/mol. The minimum Gasteiger partial charge on any atom is -0.350 e. The molecule has 206 valence electrons. The summed E-state index contributed by atoms with van der Waals surface area (Å²) in [6.07, 6.45) is 12.4. The molecule has 2 fully saturated rings. The van der Waals surface area contributed by atoms with E-state index < -0.39 is 18.2 Å². The molecule has 0 aliphatic carbocycles. The molecule has 0 bridgehead atoms. The van der Waals surface area contributed by atoms with Crippen molar-refractivity contribution in [3.8, 4) is 0 Å². The summed E-state index contributed by atoms with van der Waals surface area (Å²) in [6.45, 7) is 5.59. The summed E-state index contributed by atoms with van der Waals surface area (Å²) >= 11 is 0. The van der Waals surface area contributed by atoms with E-state index in [1.54, 1.807) is 12.4 Å². The number of nitrogens with one attached hydrogen (secondary N) is 2. The van der Waals surface area contributed by atoms with Gasteiger partial charge in [-0.3, -0.25) is 19.4 Å². The highest BCUT2D eigenvalue weighted by Crippen LogP contribution is 2.20. The molecule has 0 radical (unpaired) electrons. The number of ether oxygens (including phenoxy) is 1. The van der Waals surface area contributed by atoms with Crippen LogP contribution in [-0.4, -0.2) is 53.1 Å². The van der Waals surface area contributed by atoms with Crippen molar-refractivity contribution in [3.63, 3.8) is 0 Å². The number of hydroxylamine groups is 1. The number of aromatic nitrogens is 1. The Hall–Kier alpha value is -2.52. The van der Waals surface area contributed by atoms with Gasteiger partial charge in [0, 0.05) is 50.8 Å². The second-order valence-corrected chi connectivity index (χ2v) is 10.6. The lowest BCUT2D eigenvalue weighted by Gasteiger charge is -2.31. The first kappa shape index (κ1) is 29.0. The predicted molar refractivity (Wildman–Crippen MR) is 140 cm³/mol. The molecule has 1 aromatic heterocycles. The van der Waals surface area contributed by atoms with Gasteiger partial charge in [-0.25, -0.2) is 10.3 Å². The van der Waals surface area contributed by atoms with Gasteiger partial charge in [0.15, 0.2) is 6.29 Å². The van der Waals surface area contributed by atoms with Gasteiger partial charge >= 0.3 is 0 Å². The molecule has 2 aliphatic heterocycles. The van der Waals surface area contributed by atoms with Gasteiger partial charge in [0.05, 0.1) is 0 Å². The lowest BCUT2D eigenvalue weighted by molar-refractivity contribution is -0.200. The van der Waals surface area contributed by atoms with Gasteiger partial charge in [-0.1, -0.05) is 52.0 Å². The van der Waals surface area contributed by atoms with Crippen LogP contribution in [0.25, 0.3) is 0 Å². The number of pyridine rings is 1. The van der Waals surface area contributed by atoms with Crippen molar-refractivity contribution < 1.29 is 24.0 Å². The smallest absolute Gasteiger partial charge is 0.245 e. The molecule has 1 unspecified atom stereocenters. The van der Waals surface area contributed by atoms with E-state index >= 15 is 0 Å². The molecule has 0 aromatic carbocycles. The van der Waals surface area contributed by atoms with Crippen LogP contribution < -0.4 is 10.8 Å². The van der Waals surface area contributed by atoms with Crippen molar-refractivity contribution in [1.82, 2.24) is 20.7 Å². The third kappa shape index (κ3) is 10.0. The molecule has 9 heteroatoms. The van der Waals surface area contributed by atoms with Crippen molar-refractivity contribution in [2.45, 2.75) is 103 Å².